The van der Waals surface area contributed by atoms with Gasteiger partial charge >= 0.3 is 6.09 Å². The predicted octanol–water partition coefficient (Wildman–Crippen LogP) is 1.85. The van der Waals surface area contributed by atoms with Crippen LogP contribution in [0.3, 0.4) is 0 Å². The minimum absolute atomic E-state index is 0.0470. The van der Waals surface area contributed by atoms with Gasteiger partial charge in [-0.15, -0.1) is 0 Å². The number of carbonyl (C=O) groups is 2. The normalized spacial score (nSPS) is 9.78. The fraction of sp³-hybridized carbons (Fsp3) is 0.417. The molecule has 0 aliphatic rings. The zero-order chi connectivity index (χ0) is 13.2. The van der Waals surface area contributed by atoms with Gasteiger partial charge < -0.3 is 15.7 Å². The van der Waals surface area contributed by atoms with Crippen molar-refractivity contribution in [2.24, 2.45) is 0 Å². The maximum absolute atomic E-state index is 11.5. The highest BCUT2D eigenvalue weighted by molar-refractivity contribution is 5.90. The molecule has 0 aromatic carbocycles. The Kier molecular flexibility index (Phi) is 6.24. The van der Waals surface area contributed by atoms with Crippen molar-refractivity contribution in [3.63, 3.8) is 0 Å². The first-order valence-corrected chi connectivity index (χ1v) is 5.85. The molecule has 0 unspecified atom stereocenters. The third-order valence-corrected chi connectivity index (χ3v) is 2.30. The summed E-state index contributed by atoms with van der Waals surface area (Å²) >= 11 is 0. The Balaban J connectivity index is 2.05. The Morgan fingerprint density at radius 1 is 1.28 bits per heavy atom. The van der Waals surface area contributed by atoms with Gasteiger partial charge in [-0.25, -0.2) is 4.79 Å². The van der Waals surface area contributed by atoms with E-state index >= 15 is 0 Å². The topological polar surface area (TPSA) is 91.3 Å². The number of aromatic nitrogens is 1. The molecule has 3 N–H and O–H groups in total. The molecule has 0 saturated carbocycles. The van der Waals surface area contributed by atoms with Crippen molar-refractivity contribution >= 4 is 17.7 Å². The number of hydrogen-bond acceptors (Lipinski definition) is 3. The van der Waals surface area contributed by atoms with Crippen molar-refractivity contribution < 1.29 is 14.7 Å². The average Bonchev–Trinajstić information content (AvgIpc) is 2.34. The van der Waals surface area contributed by atoms with Crippen LogP contribution in [-0.2, 0) is 4.79 Å². The van der Waals surface area contributed by atoms with Crippen molar-refractivity contribution in [3.05, 3.63) is 24.5 Å². The summed E-state index contributed by atoms with van der Waals surface area (Å²) in [7, 11) is 0. The molecule has 0 fully saturated rings. The van der Waals surface area contributed by atoms with Crippen molar-refractivity contribution in [3.8, 4) is 0 Å². The summed E-state index contributed by atoms with van der Waals surface area (Å²) in [5, 5.41) is 13.4. The van der Waals surface area contributed by atoms with E-state index in [9.17, 15) is 9.59 Å². The molecule has 18 heavy (non-hydrogen) atoms. The number of nitrogens with zero attached hydrogens (tertiary/aromatic N) is 1. The molecule has 2 amide bonds. The number of amides is 2. The van der Waals surface area contributed by atoms with Crippen molar-refractivity contribution in [1.29, 1.82) is 0 Å². The van der Waals surface area contributed by atoms with E-state index in [1.54, 1.807) is 24.5 Å². The van der Waals surface area contributed by atoms with Crippen LogP contribution in [0.15, 0.2) is 24.5 Å². The standard InChI is InChI=1S/C12H17N3O3/c16-11(15-10-5-4-7-13-9-10)6-2-1-3-8-14-12(17)18/h4-5,7,9,14H,1-3,6,8H2,(H,15,16)(H,17,18). The van der Waals surface area contributed by atoms with Crippen LogP contribution in [0.25, 0.3) is 0 Å². The number of hydrogen-bond donors (Lipinski definition) is 3. The van der Waals surface area contributed by atoms with E-state index in [1.807, 2.05) is 0 Å². The van der Waals surface area contributed by atoms with Crippen LogP contribution >= 0.6 is 0 Å². The summed E-state index contributed by atoms with van der Waals surface area (Å²) in [6.07, 6.45) is 4.96. The second kappa shape index (κ2) is 8.05. The quantitative estimate of drug-likeness (QED) is 0.645. The van der Waals surface area contributed by atoms with Gasteiger partial charge in [0.25, 0.3) is 0 Å². The fourth-order valence-corrected chi connectivity index (χ4v) is 1.44. The lowest BCUT2D eigenvalue weighted by atomic mass is 10.2. The first-order valence-electron chi connectivity index (χ1n) is 5.85. The van der Waals surface area contributed by atoms with E-state index in [1.165, 1.54) is 0 Å². The molecule has 98 valence electrons. The molecule has 0 radical (unpaired) electrons. The first kappa shape index (κ1) is 14.0. The van der Waals surface area contributed by atoms with Gasteiger partial charge in [0.2, 0.25) is 5.91 Å². The van der Waals surface area contributed by atoms with Gasteiger partial charge in [0.15, 0.2) is 0 Å². The highest BCUT2D eigenvalue weighted by Crippen LogP contribution is 2.05. The van der Waals surface area contributed by atoms with E-state index in [2.05, 4.69) is 15.6 Å². The molecule has 1 aromatic heterocycles. The number of pyridine rings is 1. The number of unbranched alkanes of at least 4 members (excludes halogenated alkanes) is 2. The summed E-state index contributed by atoms with van der Waals surface area (Å²) < 4.78 is 0. The first-order chi connectivity index (χ1) is 8.68. The summed E-state index contributed by atoms with van der Waals surface area (Å²) in [6.45, 7) is 0.430. The van der Waals surface area contributed by atoms with Gasteiger partial charge in [0.05, 0.1) is 11.9 Å². The van der Waals surface area contributed by atoms with E-state index in [0.717, 1.165) is 19.3 Å². The van der Waals surface area contributed by atoms with Crippen LogP contribution < -0.4 is 10.6 Å². The van der Waals surface area contributed by atoms with Gasteiger partial charge in [-0.3, -0.25) is 9.78 Å². The predicted molar refractivity (Wildman–Crippen MR) is 67.4 cm³/mol. The largest absolute Gasteiger partial charge is 0.465 e. The lowest BCUT2D eigenvalue weighted by Gasteiger charge is -2.04. The molecule has 0 spiro atoms. The lowest BCUT2D eigenvalue weighted by molar-refractivity contribution is -0.116. The third-order valence-electron chi connectivity index (χ3n) is 2.30. The number of anilines is 1. The third kappa shape index (κ3) is 6.47. The molecule has 1 heterocycles. The van der Waals surface area contributed by atoms with Crippen molar-refractivity contribution in [2.45, 2.75) is 25.7 Å². The van der Waals surface area contributed by atoms with E-state index in [4.69, 9.17) is 5.11 Å². The van der Waals surface area contributed by atoms with Crippen molar-refractivity contribution in [1.82, 2.24) is 10.3 Å². The highest BCUT2D eigenvalue weighted by atomic mass is 16.4. The zero-order valence-electron chi connectivity index (χ0n) is 10.1. The summed E-state index contributed by atoms with van der Waals surface area (Å²) in [6, 6.07) is 3.54. The van der Waals surface area contributed by atoms with Crippen LogP contribution in [0.4, 0.5) is 10.5 Å². The monoisotopic (exact) mass is 251 g/mol. The Morgan fingerprint density at radius 2 is 2.11 bits per heavy atom. The smallest absolute Gasteiger partial charge is 0.404 e. The molecular weight excluding hydrogens is 234 g/mol. The summed E-state index contributed by atoms with van der Waals surface area (Å²) in [5.41, 5.74) is 0.690. The second-order valence-electron chi connectivity index (χ2n) is 3.83. The second-order valence-corrected chi connectivity index (χ2v) is 3.83. The molecule has 1 aromatic rings. The molecule has 0 aliphatic carbocycles. The van der Waals surface area contributed by atoms with Crippen LogP contribution in [0, 0.1) is 0 Å². The SMILES string of the molecule is O=C(O)NCCCCCC(=O)Nc1cccnc1. The molecule has 1 rings (SSSR count). The van der Waals surface area contributed by atoms with Crippen LogP contribution in [0.2, 0.25) is 0 Å². The Morgan fingerprint density at radius 3 is 2.78 bits per heavy atom. The molecular formula is C12H17N3O3. The molecule has 6 heteroatoms. The lowest BCUT2D eigenvalue weighted by Crippen LogP contribution is -2.21. The Labute approximate surface area is 105 Å². The molecule has 6 nitrogen and oxygen atoms in total. The zero-order valence-corrected chi connectivity index (χ0v) is 10.1. The van der Waals surface area contributed by atoms with E-state index in [-0.39, 0.29) is 5.91 Å². The molecule has 0 bridgehead atoms. The van der Waals surface area contributed by atoms with Gasteiger partial charge in [0, 0.05) is 19.2 Å². The highest BCUT2D eigenvalue weighted by Gasteiger charge is 2.02. The molecule has 0 atom stereocenters. The van der Waals surface area contributed by atoms with Crippen LogP contribution in [0.5, 0.6) is 0 Å². The number of rotatable bonds is 7. The fourth-order valence-electron chi connectivity index (χ4n) is 1.44. The maximum Gasteiger partial charge on any atom is 0.404 e. The van der Waals surface area contributed by atoms with Crippen molar-refractivity contribution in [2.75, 3.05) is 11.9 Å². The summed E-state index contributed by atoms with van der Waals surface area (Å²) in [5.74, 6) is -0.0470. The average molecular weight is 251 g/mol. The minimum atomic E-state index is -1.01. The van der Waals surface area contributed by atoms with Gasteiger partial charge in [0.1, 0.15) is 0 Å². The Hall–Kier alpha value is -2.11. The minimum Gasteiger partial charge on any atom is -0.465 e. The summed E-state index contributed by atoms with van der Waals surface area (Å²) in [4.78, 5) is 25.6. The van der Waals surface area contributed by atoms with Crippen LogP contribution in [-0.4, -0.2) is 28.6 Å². The molecule has 0 aliphatic heterocycles. The van der Waals surface area contributed by atoms with Gasteiger partial charge in [-0.1, -0.05) is 6.42 Å². The van der Waals surface area contributed by atoms with E-state index in [0.29, 0.717) is 18.7 Å². The number of carboxylic acid groups (broad SMARTS) is 1. The number of carbonyl (C=O) groups excluding carboxylic acids is 1. The van der Waals surface area contributed by atoms with Crippen LogP contribution in [0.1, 0.15) is 25.7 Å². The Bertz CT molecular complexity index is 381. The van der Waals surface area contributed by atoms with E-state index < -0.39 is 6.09 Å². The maximum atomic E-state index is 11.5. The molecule has 0 saturated heterocycles. The van der Waals surface area contributed by atoms with Gasteiger partial charge in [-0.2, -0.15) is 0 Å². The number of nitrogens with one attached hydrogen (secondary N) is 2. The van der Waals surface area contributed by atoms with Gasteiger partial charge in [-0.05, 0) is 25.0 Å².